The third kappa shape index (κ3) is 2.96. The van der Waals surface area contributed by atoms with E-state index in [9.17, 15) is 9.59 Å². The van der Waals surface area contributed by atoms with E-state index < -0.39 is 18.0 Å². The fraction of sp³-hybridized carbons (Fsp3) is 0.267. The number of ether oxygens (including phenoxy) is 3. The molecule has 3 N–H and O–H groups in total. The van der Waals surface area contributed by atoms with Crippen molar-refractivity contribution in [3.8, 4) is 11.5 Å². The van der Waals surface area contributed by atoms with E-state index >= 15 is 0 Å². The summed E-state index contributed by atoms with van der Waals surface area (Å²) >= 11 is 0. The van der Waals surface area contributed by atoms with Crippen molar-refractivity contribution in [1.82, 2.24) is 5.16 Å². The number of hydrogen-bond donors (Lipinski definition) is 2. The van der Waals surface area contributed by atoms with Gasteiger partial charge in [0.1, 0.15) is 5.56 Å². The lowest BCUT2D eigenvalue weighted by Crippen LogP contribution is -2.30. The van der Waals surface area contributed by atoms with E-state index in [0.717, 1.165) is 0 Å². The molecular formula is C15H15N3O6. The van der Waals surface area contributed by atoms with Gasteiger partial charge in [-0.15, -0.1) is 0 Å². The summed E-state index contributed by atoms with van der Waals surface area (Å²) in [5, 5.41) is 6.19. The van der Waals surface area contributed by atoms with Crippen molar-refractivity contribution in [3.05, 3.63) is 29.5 Å². The SMILES string of the molecule is Cc1noc(N)c1C(=O)O[C@@H](C)C(=O)Nc1ccc2c(c1)OCO2. The first-order valence-corrected chi connectivity index (χ1v) is 7.09. The van der Waals surface area contributed by atoms with E-state index in [1.165, 1.54) is 6.92 Å². The molecule has 1 aromatic heterocycles. The largest absolute Gasteiger partial charge is 0.454 e. The van der Waals surface area contributed by atoms with Crippen molar-refractivity contribution in [3.63, 3.8) is 0 Å². The molecule has 0 aliphatic carbocycles. The van der Waals surface area contributed by atoms with Crippen molar-refractivity contribution in [1.29, 1.82) is 0 Å². The molecule has 1 aliphatic rings. The first-order chi connectivity index (χ1) is 11.5. The average Bonchev–Trinajstić information content (AvgIpc) is 3.13. The number of benzene rings is 1. The van der Waals surface area contributed by atoms with Gasteiger partial charge in [0.25, 0.3) is 5.91 Å². The maximum Gasteiger partial charge on any atom is 0.346 e. The zero-order valence-corrected chi connectivity index (χ0v) is 13.0. The fourth-order valence-corrected chi connectivity index (χ4v) is 2.13. The van der Waals surface area contributed by atoms with Gasteiger partial charge in [-0.05, 0) is 26.0 Å². The number of nitrogens with two attached hydrogens (primary N) is 1. The van der Waals surface area contributed by atoms with E-state index in [1.807, 2.05) is 0 Å². The predicted octanol–water partition coefficient (Wildman–Crippen LogP) is 1.48. The van der Waals surface area contributed by atoms with Crippen molar-refractivity contribution in [2.45, 2.75) is 20.0 Å². The van der Waals surface area contributed by atoms with Gasteiger partial charge in [0, 0.05) is 11.8 Å². The Kier molecular flexibility index (Phi) is 3.98. The van der Waals surface area contributed by atoms with Gasteiger partial charge in [-0.3, -0.25) is 4.79 Å². The molecule has 2 aromatic rings. The number of nitrogens with zero attached hydrogens (tertiary/aromatic N) is 1. The number of nitrogens with one attached hydrogen (secondary N) is 1. The topological polar surface area (TPSA) is 126 Å². The summed E-state index contributed by atoms with van der Waals surface area (Å²) in [6.45, 7) is 3.13. The summed E-state index contributed by atoms with van der Waals surface area (Å²) < 4.78 is 20.2. The number of aryl methyl sites for hydroxylation is 1. The van der Waals surface area contributed by atoms with Crippen LogP contribution in [0, 0.1) is 6.92 Å². The van der Waals surface area contributed by atoms with Gasteiger partial charge in [0.2, 0.25) is 12.7 Å². The highest BCUT2D eigenvalue weighted by Gasteiger charge is 2.25. The molecule has 2 heterocycles. The molecule has 0 unspecified atom stereocenters. The molecule has 1 amide bonds. The molecule has 0 radical (unpaired) electrons. The second-order valence-corrected chi connectivity index (χ2v) is 5.11. The molecule has 9 nitrogen and oxygen atoms in total. The Morgan fingerprint density at radius 2 is 2.08 bits per heavy atom. The van der Waals surface area contributed by atoms with Gasteiger partial charge in [0.15, 0.2) is 17.6 Å². The molecule has 0 saturated heterocycles. The van der Waals surface area contributed by atoms with Crippen molar-refractivity contribution < 1.29 is 28.3 Å². The van der Waals surface area contributed by atoms with Crippen molar-refractivity contribution >= 4 is 23.4 Å². The van der Waals surface area contributed by atoms with Gasteiger partial charge in [-0.1, -0.05) is 5.16 Å². The fourth-order valence-electron chi connectivity index (χ4n) is 2.13. The second kappa shape index (κ2) is 6.11. The van der Waals surface area contributed by atoms with Crippen LogP contribution >= 0.6 is 0 Å². The molecule has 1 aromatic carbocycles. The van der Waals surface area contributed by atoms with E-state index in [-0.39, 0.29) is 18.2 Å². The zero-order valence-electron chi connectivity index (χ0n) is 13.0. The third-order valence-corrected chi connectivity index (χ3v) is 3.39. The highest BCUT2D eigenvalue weighted by atomic mass is 16.7. The molecule has 0 spiro atoms. The van der Waals surface area contributed by atoms with Crippen LogP contribution < -0.4 is 20.5 Å². The maximum absolute atomic E-state index is 12.2. The Labute approximate surface area is 136 Å². The highest BCUT2D eigenvalue weighted by molar-refractivity contribution is 5.99. The monoisotopic (exact) mass is 333 g/mol. The average molecular weight is 333 g/mol. The number of aromatic nitrogens is 1. The number of anilines is 2. The Hall–Kier alpha value is -3.23. The van der Waals surface area contributed by atoms with Crippen LogP contribution in [0.2, 0.25) is 0 Å². The molecule has 3 rings (SSSR count). The van der Waals surface area contributed by atoms with E-state index in [1.54, 1.807) is 25.1 Å². The Balaban J connectivity index is 1.64. The lowest BCUT2D eigenvalue weighted by molar-refractivity contribution is -0.123. The number of esters is 1. The number of rotatable bonds is 4. The Bertz CT molecular complexity index is 781. The molecule has 24 heavy (non-hydrogen) atoms. The predicted molar refractivity (Wildman–Crippen MR) is 81.7 cm³/mol. The minimum absolute atomic E-state index is 0.0118. The van der Waals surface area contributed by atoms with Crippen LogP contribution in [0.15, 0.2) is 22.7 Å². The van der Waals surface area contributed by atoms with Crippen LogP contribution in [0.4, 0.5) is 11.6 Å². The van der Waals surface area contributed by atoms with Crippen molar-refractivity contribution in [2.75, 3.05) is 17.8 Å². The first-order valence-electron chi connectivity index (χ1n) is 7.09. The van der Waals surface area contributed by atoms with E-state index in [2.05, 4.69) is 10.5 Å². The van der Waals surface area contributed by atoms with Gasteiger partial charge in [0.05, 0.1) is 5.69 Å². The van der Waals surface area contributed by atoms with Crippen LogP contribution in [0.25, 0.3) is 0 Å². The summed E-state index contributed by atoms with van der Waals surface area (Å²) in [6, 6.07) is 4.95. The summed E-state index contributed by atoms with van der Waals surface area (Å²) in [5.74, 6) is -0.299. The van der Waals surface area contributed by atoms with Crippen molar-refractivity contribution in [2.24, 2.45) is 0 Å². The molecule has 126 valence electrons. The number of fused-ring (bicyclic) bond motifs is 1. The molecule has 0 fully saturated rings. The minimum atomic E-state index is -1.04. The van der Waals surface area contributed by atoms with Crippen LogP contribution in [-0.4, -0.2) is 29.9 Å². The number of carbonyl (C=O) groups is 2. The lowest BCUT2D eigenvalue weighted by atomic mass is 10.2. The lowest BCUT2D eigenvalue weighted by Gasteiger charge is -2.13. The molecule has 1 atom stereocenters. The van der Waals surface area contributed by atoms with Crippen LogP contribution in [-0.2, 0) is 9.53 Å². The number of hydrogen-bond acceptors (Lipinski definition) is 8. The number of carbonyl (C=O) groups excluding carboxylic acids is 2. The Morgan fingerprint density at radius 3 is 2.79 bits per heavy atom. The minimum Gasteiger partial charge on any atom is -0.454 e. The molecule has 9 heteroatoms. The maximum atomic E-state index is 12.2. The van der Waals surface area contributed by atoms with Gasteiger partial charge < -0.3 is 29.8 Å². The quantitative estimate of drug-likeness (QED) is 0.806. The van der Waals surface area contributed by atoms with Crippen LogP contribution in [0.3, 0.4) is 0 Å². The molecule has 0 bridgehead atoms. The second-order valence-electron chi connectivity index (χ2n) is 5.11. The van der Waals surface area contributed by atoms with E-state index in [4.69, 9.17) is 24.5 Å². The smallest absolute Gasteiger partial charge is 0.346 e. The molecule has 0 saturated carbocycles. The van der Waals surface area contributed by atoms with Gasteiger partial charge >= 0.3 is 5.97 Å². The van der Waals surface area contributed by atoms with Gasteiger partial charge in [-0.25, -0.2) is 4.79 Å². The van der Waals surface area contributed by atoms with Crippen LogP contribution in [0.5, 0.6) is 11.5 Å². The third-order valence-electron chi connectivity index (χ3n) is 3.39. The number of amides is 1. The summed E-state index contributed by atoms with van der Waals surface area (Å²) in [6.07, 6.45) is -1.04. The van der Waals surface area contributed by atoms with Gasteiger partial charge in [-0.2, -0.15) is 0 Å². The highest BCUT2D eigenvalue weighted by Crippen LogP contribution is 2.34. The molecule has 1 aliphatic heterocycles. The molecular weight excluding hydrogens is 318 g/mol. The zero-order chi connectivity index (χ0) is 17.3. The van der Waals surface area contributed by atoms with E-state index in [0.29, 0.717) is 22.9 Å². The standard InChI is InChI=1S/C15H15N3O6/c1-7-12(13(16)24-18-7)15(20)23-8(2)14(19)17-9-3-4-10-11(5-9)22-6-21-10/h3-5,8H,6,16H2,1-2H3,(H,17,19)/t8-/m0/s1. The first kappa shape index (κ1) is 15.7. The summed E-state index contributed by atoms with van der Waals surface area (Å²) in [7, 11) is 0. The summed E-state index contributed by atoms with van der Waals surface area (Å²) in [5.41, 5.74) is 6.31. The summed E-state index contributed by atoms with van der Waals surface area (Å²) in [4.78, 5) is 24.2. The normalized spacial score (nSPS) is 13.4. The number of nitrogen functional groups attached to an aromatic ring is 1. The Morgan fingerprint density at radius 1 is 1.33 bits per heavy atom. The van der Waals surface area contributed by atoms with Crippen LogP contribution in [0.1, 0.15) is 23.0 Å².